The third kappa shape index (κ3) is 4.52. The highest BCUT2D eigenvalue weighted by Gasteiger charge is 2.21. The van der Waals surface area contributed by atoms with Crippen LogP contribution in [0, 0.1) is 0 Å². The molecule has 1 fully saturated rings. The molecule has 1 aromatic heterocycles. The van der Waals surface area contributed by atoms with Crippen LogP contribution >= 0.6 is 34.5 Å². The van der Waals surface area contributed by atoms with Crippen LogP contribution in [0.5, 0.6) is 11.5 Å². The fourth-order valence-electron chi connectivity index (χ4n) is 3.49. The minimum absolute atomic E-state index is 0.148. The molecule has 0 bridgehead atoms. The molecule has 0 amide bonds. The molecule has 1 aliphatic rings. The number of ether oxygens (including phenoxy) is 3. The lowest BCUT2D eigenvalue weighted by Gasteiger charge is -2.16. The number of hydrogen-bond donors (Lipinski definition) is 0. The van der Waals surface area contributed by atoms with Crippen LogP contribution in [0.25, 0.3) is 11.3 Å². The largest absolute Gasteiger partial charge is 0.497 e. The first-order valence-electron chi connectivity index (χ1n) is 9.61. The monoisotopic (exact) mass is 464 g/mol. The Morgan fingerprint density at radius 2 is 2.03 bits per heavy atom. The fraction of sp³-hybridized carbons (Fsp3) is 0.318. The first kappa shape index (κ1) is 21.2. The van der Waals surface area contributed by atoms with Gasteiger partial charge in [-0.15, -0.1) is 11.3 Å². The van der Waals surface area contributed by atoms with E-state index < -0.39 is 0 Å². The molecule has 0 radical (unpaired) electrons. The second-order valence-electron chi connectivity index (χ2n) is 6.92. The van der Waals surface area contributed by atoms with Gasteiger partial charge in [0.25, 0.3) is 0 Å². The number of rotatable bonds is 6. The Bertz CT molecular complexity index is 1100. The average molecular weight is 465 g/mol. The highest BCUT2D eigenvalue weighted by Crippen LogP contribution is 2.35. The topological polar surface area (TPSA) is 45.0 Å². The van der Waals surface area contributed by atoms with E-state index in [1.807, 2.05) is 24.3 Å². The van der Waals surface area contributed by atoms with E-state index in [0.29, 0.717) is 22.3 Å². The number of hydrogen-bond acceptors (Lipinski definition) is 5. The molecule has 158 valence electrons. The van der Waals surface area contributed by atoms with Crippen molar-refractivity contribution in [2.45, 2.75) is 25.5 Å². The summed E-state index contributed by atoms with van der Waals surface area (Å²) in [7, 11) is 3.32. The first-order chi connectivity index (χ1) is 14.6. The second-order valence-corrected chi connectivity index (χ2v) is 8.60. The quantitative estimate of drug-likeness (QED) is 0.452. The molecule has 0 saturated carbocycles. The van der Waals surface area contributed by atoms with E-state index in [2.05, 4.69) is 9.95 Å². The van der Waals surface area contributed by atoms with Crippen LogP contribution in [0.3, 0.4) is 0 Å². The van der Waals surface area contributed by atoms with Gasteiger partial charge in [0.2, 0.25) is 0 Å². The summed E-state index contributed by atoms with van der Waals surface area (Å²) >= 11 is 14.0. The van der Waals surface area contributed by atoms with Crippen LogP contribution in [0.15, 0.2) is 46.8 Å². The second kappa shape index (κ2) is 9.43. The van der Waals surface area contributed by atoms with Crippen LogP contribution in [-0.2, 0) is 11.3 Å². The van der Waals surface area contributed by atoms with E-state index >= 15 is 0 Å². The molecule has 8 heteroatoms. The molecule has 1 aliphatic heterocycles. The first-order valence-corrected chi connectivity index (χ1v) is 11.2. The van der Waals surface area contributed by atoms with Gasteiger partial charge in [0.1, 0.15) is 11.5 Å². The summed E-state index contributed by atoms with van der Waals surface area (Å²) in [6.45, 7) is 1.49. The Kier molecular flexibility index (Phi) is 6.68. The standard InChI is InChI=1S/C22H22Cl2N2O3S/c1-27-15-6-8-21(28-2)17(11-15)20-13-30-22(26(20)12-16-4-3-9-29-16)25-19-7-5-14(23)10-18(19)24/h5-8,10-11,13,16H,3-4,9,12H2,1-2H3. The summed E-state index contributed by atoms with van der Waals surface area (Å²) in [5.74, 6) is 1.53. The van der Waals surface area contributed by atoms with Crippen LogP contribution in [0.1, 0.15) is 12.8 Å². The van der Waals surface area contributed by atoms with E-state index in [1.54, 1.807) is 37.7 Å². The van der Waals surface area contributed by atoms with Crippen LogP contribution in [0.4, 0.5) is 5.69 Å². The van der Waals surface area contributed by atoms with Gasteiger partial charge in [0.05, 0.1) is 43.3 Å². The van der Waals surface area contributed by atoms with E-state index in [9.17, 15) is 0 Å². The molecular weight excluding hydrogens is 443 g/mol. The number of nitrogens with zero attached hydrogens (tertiary/aromatic N) is 2. The molecule has 30 heavy (non-hydrogen) atoms. The van der Waals surface area contributed by atoms with Crippen LogP contribution in [-0.4, -0.2) is 31.5 Å². The van der Waals surface area contributed by atoms with Crippen molar-refractivity contribution in [1.82, 2.24) is 4.57 Å². The Hall–Kier alpha value is -1.99. The minimum atomic E-state index is 0.148. The van der Waals surface area contributed by atoms with Gasteiger partial charge < -0.3 is 18.8 Å². The molecule has 0 spiro atoms. The maximum absolute atomic E-state index is 6.37. The lowest BCUT2D eigenvalue weighted by atomic mass is 10.1. The molecule has 1 saturated heterocycles. The summed E-state index contributed by atoms with van der Waals surface area (Å²) in [6, 6.07) is 11.1. The van der Waals surface area contributed by atoms with E-state index in [-0.39, 0.29) is 6.10 Å². The third-order valence-electron chi connectivity index (χ3n) is 5.02. The summed E-state index contributed by atoms with van der Waals surface area (Å²) in [6.07, 6.45) is 2.25. The SMILES string of the molecule is COc1ccc(OC)c(-c2csc(=Nc3ccc(Cl)cc3Cl)n2CC2CCCO2)c1. The number of benzene rings is 2. The van der Waals surface area contributed by atoms with Gasteiger partial charge in [0, 0.05) is 22.6 Å². The van der Waals surface area contributed by atoms with Gasteiger partial charge in [-0.1, -0.05) is 23.2 Å². The molecule has 5 nitrogen and oxygen atoms in total. The van der Waals surface area contributed by atoms with E-state index in [0.717, 1.165) is 47.0 Å². The Morgan fingerprint density at radius 3 is 2.73 bits per heavy atom. The molecule has 2 heterocycles. The minimum Gasteiger partial charge on any atom is -0.497 e. The van der Waals surface area contributed by atoms with Crippen molar-refractivity contribution in [3.63, 3.8) is 0 Å². The zero-order valence-corrected chi connectivity index (χ0v) is 19.1. The lowest BCUT2D eigenvalue weighted by molar-refractivity contribution is 0.0968. The zero-order chi connectivity index (χ0) is 21.1. The van der Waals surface area contributed by atoms with Crippen molar-refractivity contribution in [1.29, 1.82) is 0 Å². The lowest BCUT2D eigenvalue weighted by Crippen LogP contribution is -2.24. The smallest absolute Gasteiger partial charge is 0.190 e. The fourth-order valence-corrected chi connectivity index (χ4v) is 4.87. The van der Waals surface area contributed by atoms with E-state index in [4.69, 9.17) is 42.4 Å². The summed E-state index contributed by atoms with van der Waals surface area (Å²) in [5, 5.41) is 3.17. The summed E-state index contributed by atoms with van der Waals surface area (Å²) < 4.78 is 19.1. The predicted molar refractivity (Wildman–Crippen MR) is 122 cm³/mol. The number of aromatic nitrogens is 1. The Balaban J connectivity index is 1.86. The molecule has 1 unspecified atom stereocenters. The maximum atomic E-state index is 6.37. The number of halogens is 2. The summed E-state index contributed by atoms with van der Waals surface area (Å²) in [4.78, 5) is 5.66. The average Bonchev–Trinajstić information content (AvgIpc) is 3.40. The highest BCUT2D eigenvalue weighted by atomic mass is 35.5. The normalized spacial score (nSPS) is 16.8. The molecule has 3 aromatic rings. The molecule has 0 N–H and O–H groups in total. The van der Waals surface area contributed by atoms with Crippen molar-refractivity contribution in [3.05, 3.63) is 56.6 Å². The van der Waals surface area contributed by atoms with Crippen LogP contribution in [0.2, 0.25) is 10.0 Å². The van der Waals surface area contributed by atoms with Crippen molar-refractivity contribution in [2.24, 2.45) is 4.99 Å². The van der Waals surface area contributed by atoms with Gasteiger partial charge >= 0.3 is 0 Å². The molecule has 0 aliphatic carbocycles. The van der Waals surface area contributed by atoms with Crippen molar-refractivity contribution in [3.8, 4) is 22.8 Å². The van der Waals surface area contributed by atoms with Gasteiger partial charge in [0.15, 0.2) is 4.80 Å². The van der Waals surface area contributed by atoms with Crippen molar-refractivity contribution in [2.75, 3.05) is 20.8 Å². The van der Waals surface area contributed by atoms with Crippen molar-refractivity contribution >= 4 is 40.2 Å². The third-order valence-corrected chi connectivity index (χ3v) is 6.42. The molecular formula is C22H22Cl2N2O3S. The van der Waals surface area contributed by atoms with Gasteiger partial charge in [-0.2, -0.15) is 0 Å². The zero-order valence-electron chi connectivity index (χ0n) is 16.7. The van der Waals surface area contributed by atoms with Crippen LogP contribution < -0.4 is 14.3 Å². The maximum Gasteiger partial charge on any atom is 0.190 e. The molecule has 4 rings (SSSR count). The molecule has 1 atom stereocenters. The molecule has 2 aromatic carbocycles. The van der Waals surface area contributed by atoms with Gasteiger partial charge in [-0.25, -0.2) is 4.99 Å². The predicted octanol–water partition coefficient (Wildman–Crippen LogP) is 5.95. The van der Waals surface area contributed by atoms with Crippen molar-refractivity contribution < 1.29 is 14.2 Å². The highest BCUT2D eigenvalue weighted by molar-refractivity contribution is 7.07. The number of methoxy groups -OCH3 is 2. The Labute approximate surface area is 189 Å². The van der Waals surface area contributed by atoms with Gasteiger partial charge in [-0.3, -0.25) is 0 Å². The summed E-state index contributed by atoms with van der Waals surface area (Å²) in [5.41, 5.74) is 2.61. The van der Waals surface area contributed by atoms with E-state index in [1.165, 1.54) is 0 Å². The van der Waals surface area contributed by atoms with Gasteiger partial charge in [-0.05, 0) is 49.2 Å². The number of thiazole rings is 1. The Morgan fingerprint density at radius 1 is 1.17 bits per heavy atom.